The van der Waals surface area contributed by atoms with Crippen LogP contribution in [0.1, 0.15) is 27.2 Å². The van der Waals surface area contributed by atoms with Crippen molar-refractivity contribution in [3.8, 4) is 0 Å². The van der Waals surface area contributed by atoms with Crippen molar-refractivity contribution in [1.82, 2.24) is 19.8 Å². The van der Waals surface area contributed by atoms with Crippen LogP contribution in [-0.2, 0) is 4.74 Å². The number of carbonyl (C=O) groups is 2. The Hall–Kier alpha value is -2.05. The summed E-state index contributed by atoms with van der Waals surface area (Å²) in [6.45, 7) is 6.55. The SMILES string of the molecule is CC(C)(C)OC(=O)N1CC[C@@H](NC(=O)n2ccnc2)C1. The highest BCUT2D eigenvalue weighted by Gasteiger charge is 2.30. The van der Waals surface area contributed by atoms with E-state index >= 15 is 0 Å². The highest BCUT2D eigenvalue weighted by atomic mass is 16.6. The average Bonchev–Trinajstić information content (AvgIpc) is 2.97. The van der Waals surface area contributed by atoms with E-state index in [1.165, 1.54) is 10.9 Å². The number of rotatable bonds is 1. The van der Waals surface area contributed by atoms with Crippen molar-refractivity contribution in [2.75, 3.05) is 13.1 Å². The summed E-state index contributed by atoms with van der Waals surface area (Å²) in [5.41, 5.74) is -0.505. The number of carbonyl (C=O) groups excluding carboxylic acids is 2. The maximum atomic E-state index is 11.9. The van der Waals surface area contributed by atoms with Gasteiger partial charge in [-0.2, -0.15) is 0 Å². The van der Waals surface area contributed by atoms with E-state index in [9.17, 15) is 9.59 Å². The molecule has 1 aliphatic rings. The number of nitrogens with zero attached hydrogens (tertiary/aromatic N) is 3. The standard InChI is InChI=1S/C13H20N4O3/c1-13(2,3)20-12(19)16-6-4-10(8-16)15-11(18)17-7-5-14-9-17/h5,7,9-10H,4,6,8H2,1-3H3,(H,15,18)/t10-/m1/s1. The van der Waals surface area contributed by atoms with Gasteiger partial charge in [-0.3, -0.25) is 4.57 Å². The largest absolute Gasteiger partial charge is 0.444 e. The zero-order valence-electron chi connectivity index (χ0n) is 12.0. The van der Waals surface area contributed by atoms with E-state index in [4.69, 9.17) is 4.74 Å². The number of amides is 2. The predicted molar refractivity (Wildman–Crippen MR) is 72.4 cm³/mol. The Morgan fingerprint density at radius 1 is 1.40 bits per heavy atom. The van der Waals surface area contributed by atoms with E-state index in [0.717, 1.165) is 6.42 Å². The van der Waals surface area contributed by atoms with Crippen LogP contribution in [0, 0.1) is 0 Å². The van der Waals surface area contributed by atoms with Crippen molar-refractivity contribution in [3.63, 3.8) is 0 Å². The average molecular weight is 280 g/mol. The van der Waals surface area contributed by atoms with Crippen molar-refractivity contribution in [1.29, 1.82) is 0 Å². The lowest BCUT2D eigenvalue weighted by molar-refractivity contribution is 0.0291. The van der Waals surface area contributed by atoms with Crippen molar-refractivity contribution in [3.05, 3.63) is 18.7 Å². The number of likely N-dealkylation sites (tertiary alicyclic amines) is 1. The lowest BCUT2D eigenvalue weighted by atomic mass is 10.2. The molecular formula is C13H20N4O3. The van der Waals surface area contributed by atoms with E-state index in [-0.39, 0.29) is 18.2 Å². The number of hydrogen-bond acceptors (Lipinski definition) is 4. The molecule has 2 amide bonds. The Morgan fingerprint density at radius 3 is 2.75 bits per heavy atom. The third-order valence-corrected chi connectivity index (χ3v) is 2.91. The molecule has 0 aromatic carbocycles. The van der Waals surface area contributed by atoms with Gasteiger partial charge in [0.1, 0.15) is 11.9 Å². The molecular weight excluding hydrogens is 260 g/mol. The molecule has 110 valence electrons. The fourth-order valence-corrected chi connectivity index (χ4v) is 2.00. The minimum atomic E-state index is -0.505. The third-order valence-electron chi connectivity index (χ3n) is 2.91. The Morgan fingerprint density at radius 2 is 2.15 bits per heavy atom. The normalized spacial score (nSPS) is 18.9. The first kappa shape index (κ1) is 14.4. The quantitative estimate of drug-likeness (QED) is 0.844. The molecule has 1 saturated heterocycles. The summed E-state index contributed by atoms with van der Waals surface area (Å²) in [5, 5.41) is 2.86. The zero-order valence-corrected chi connectivity index (χ0v) is 12.0. The predicted octanol–water partition coefficient (Wildman–Crippen LogP) is 1.45. The molecule has 1 aromatic rings. The number of imidazole rings is 1. The number of ether oxygens (including phenoxy) is 1. The topological polar surface area (TPSA) is 76.5 Å². The monoisotopic (exact) mass is 280 g/mol. The molecule has 1 aromatic heterocycles. The molecule has 0 saturated carbocycles. The number of hydrogen-bond donors (Lipinski definition) is 1. The minimum Gasteiger partial charge on any atom is -0.444 e. The fraction of sp³-hybridized carbons (Fsp3) is 0.615. The maximum Gasteiger partial charge on any atom is 0.410 e. The van der Waals surface area contributed by atoms with Gasteiger partial charge in [-0.1, -0.05) is 0 Å². The summed E-state index contributed by atoms with van der Waals surface area (Å²) in [4.78, 5) is 29.2. The van der Waals surface area contributed by atoms with E-state index in [2.05, 4.69) is 10.3 Å². The summed E-state index contributed by atoms with van der Waals surface area (Å²) >= 11 is 0. The van der Waals surface area contributed by atoms with Gasteiger partial charge in [0.15, 0.2) is 0 Å². The summed E-state index contributed by atoms with van der Waals surface area (Å²) in [6, 6.07) is -0.295. The maximum absolute atomic E-state index is 11.9. The second-order valence-electron chi connectivity index (χ2n) is 5.83. The third kappa shape index (κ3) is 3.72. The van der Waals surface area contributed by atoms with Crippen LogP contribution in [0.25, 0.3) is 0 Å². The summed E-state index contributed by atoms with van der Waals surface area (Å²) in [7, 11) is 0. The number of aromatic nitrogens is 2. The van der Waals surface area contributed by atoms with Gasteiger partial charge in [-0.15, -0.1) is 0 Å². The van der Waals surface area contributed by atoms with Crippen LogP contribution in [0.4, 0.5) is 9.59 Å². The first-order valence-corrected chi connectivity index (χ1v) is 6.62. The van der Waals surface area contributed by atoms with Crippen LogP contribution >= 0.6 is 0 Å². The van der Waals surface area contributed by atoms with Crippen molar-refractivity contribution >= 4 is 12.1 Å². The van der Waals surface area contributed by atoms with Gasteiger partial charge in [0.2, 0.25) is 0 Å². The van der Waals surface area contributed by atoms with Gasteiger partial charge in [-0.05, 0) is 27.2 Å². The Labute approximate surface area is 117 Å². The minimum absolute atomic E-state index is 0.0579. The second kappa shape index (κ2) is 5.52. The van der Waals surface area contributed by atoms with Crippen LogP contribution in [0.15, 0.2) is 18.7 Å². The highest BCUT2D eigenvalue weighted by Crippen LogP contribution is 2.15. The molecule has 0 unspecified atom stereocenters. The highest BCUT2D eigenvalue weighted by molar-refractivity contribution is 5.77. The van der Waals surface area contributed by atoms with Crippen LogP contribution in [0.3, 0.4) is 0 Å². The first-order chi connectivity index (χ1) is 9.35. The molecule has 20 heavy (non-hydrogen) atoms. The van der Waals surface area contributed by atoms with Gasteiger partial charge in [0.05, 0.1) is 6.04 Å². The smallest absolute Gasteiger partial charge is 0.410 e. The molecule has 7 heteroatoms. The van der Waals surface area contributed by atoms with Gasteiger partial charge in [0, 0.05) is 25.5 Å². The Kier molecular flexibility index (Phi) is 3.96. The van der Waals surface area contributed by atoms with E-state index in [1.54, 1.807) is 17.3 Å². The molecule has 0 aliphatic carbocycles. The van der Waals surface area contributed by atoms with Crippen LogP contribution < -0.4 is 5.32 Å². The molecule has 0 radical (unpaired) electrons. The molecule has 1 aliphatic heterocycles. The molecule has 0 bridgehead atoms. The molecule has 7 nitrogen and oxygen atoms in total. The van der Waals surface area contributed by atoms with Gasteiger partial charge >= 0.3 is 12.1 Å². The van der Waals surface area contributed by atoms with Gasteiger partial charge < -0.3 is 15.0 Å². The fourth-order valence-electron chi connectivity index (χ4n) is 2.00. The first-order valence-electron chi connectivity index (χ1n) is 6.62. The lowest BCUT2D eigenvalue weighted by Crippen LogP contribution is -2.41. The van der Waals surface area contributed by atoms with Crippen molar-refractivity contribution < 1.29 is 14.3 Å². The van der Waals surface area contributed by atoms with Crippen LogP contribution in [0.2, 0.25) is 0 Å². The molecule has 0 spiro atoms. The van der Waals surface area contributed by atoms with E-state index in [0.29, 0.717) is 13.1 Å². The van der Waals surface area contributed by atoms with Gasteiger partial charge in [-0.25, -0.2) is 14.6 Å². The number of nitrogens with one attached hydrogen (secondary N) is 1. The zero-order chi connectivity index (χ0) is 14.8. The Balaban J connectivity index is 1.83. The Bertz CT molecular complexity index is 478. The van der Waals surface area contributed by atoms with Crippen LogP contribution in [-0.4, -0.2) is 51.3 Å². The summed E-state index contributed by atoms with van der Waals surface area (Å²) < 4.78 is 6.68. The van der Waals surface area contributed by atoms with E-state index in [1.807, 2.05) is 20.8 Å². The molecule has 1 fully saturated rings. The molecule has 2 heterocycles. The molecule has 2 rings (SSSR count). The van der Waals surface area contributed by atoms with Crippen molar-refractivity contribution in [2.24, 2.45) is 0 Å². The summed E-state index contributed by atoms with van der Waals surface area (Å²) in [5.74, 6) is 0. The lowest BCUT2D eigenvalue weighted by Gasteiger charge is -2.24. The van der Waals surface area contributed by atoms with Crippen LogP contribution in [0.5, 0.6) is 0 Å². The van der Waals surface area contributed by atoms with Gasteiger partial charge in [0.25, 0.3) is 0 Å². The second-order valence-corrected chi connectivity index (χ2v) is 5.83. The molecule has 1 atom stereocenters. The summed E-state index contributed by atoms with van der Waals surface area (Å²) in [6.07, 6.45) is 4.95. The molecule has 1 N–H and O–H groups in total. The van der Waals surface area contributed by atoms with E-state index < -0.39 is 5.60 Å². The van der Waals surface area contributed by atoms with Crippen molar-refractivity contribution in [2.45, 2.75) is 38.8 Å².